The molecule has 2 atom stereocenters. The summed E-state index contributed by atoms with van der Waals surface area (Å²) in [5.41, 5.74) is -1.30. The Morgan fingerprint density at radius 1 is 1.35 bits per heavy atom. The highest BCUT2D eigenvalue weighted by Crippen LogP contribution is 2.57. The molecule has 0 radical (unpaired) electrons. The van der Waals surface area contributed by atoms with E-state index in [1.807, 2.05) is 0 Å². The molecule has 3 aliphatic rings. The molecule has 1 aromatic carbocycles. The van der Waals surface area contributed by atoms with E-state index >= 15 is 0 Å². The van der Waals surface area contributed by atoms with Crippen molar-refractivity contribution in [2.75, 3.05) is 13.1 Å². The Morgan fingerprint density at radius 2 is 2.00 bits per heavy atom. The number of halogens is 2. The highest BCUT2D eigenvalue weighted by molar-refractivity contribution is 5.99. The normalized spacial score (nSPS) is 28.7. The van der Waals surface area contributed by atoms with Crippen LogP contribution in [0.1, 0.15) is 61.5 Å². The van der Waals surface area contributed by atoms with Crippen LogP contribution in [0.4, 0.5) is 8.78 Å². The van der Waals surface area contributed by atoms with Gasteiger partial charge in [-0.3, -0.25) is 9.59 Å². The summed E-state index contributed by atoms with van der Waals surface area (Å²) >= 11 is 0. The Bertz CT molecular complexity index is 797. The van der Waals surface area contributed by atoms with Gasteiger partial charge in [0.05, 0.1) is 0 Å². The molecule has 1 aromatic rings. The second-order valence-corrected chi connectivity index (χ2v) is 8.80. The zero-order valence-electron chi connectivity index (χ0n) is 15.3. The van der Waals surface area contributed by atoms with E-state index in [1.54, 1.807) is 39.0 Å². The Balaban J connectivity index is 1.63. The first-order valence-electron chi connectivity index (χ1n) is 9.03. The first-order valence-corrected chi connectivity index (χ1v) is 9.03. The van der Waals surface area contributed by atoms with E-state index < -0.39 is 28.8 Å². The number of hydrogen-bond acceptors (Lipinski definition) is 3. The minimum absolute atomic E-state index is 0.127. The quantitative estimate of drug-likeness (QED) is 0.773. The van der Waals surface area contributed by atoms with Crippen molar-refractivity contribution >= 4 is 11.9 Å². The molecule has 0 aromatic heterocycles. The number of rotatable bonds is 3. The third-order valence-corrected chi connectivity index (χ3v) is 5.48. The molecule has 6 heteroatoms. The van der Waals surface area contributed by atoms with Gasteiger partial charge >= 0.3 is 5.97 Å². The van der Waals surface area contributed by atoms with Gasteiger partial charge in [0.15, 0.2) is 0 Å². The minimum atomic E-state index is -1.33. The Hall–Kier alpha value is -1.98. The summed E-state index contributed by atoms with van der Waals surface area (Å²) < 4.78 is 34.0. The number of fused-ring (bicyclic) bond motifs is 2. The van der Waals surface area contributed by atoms with Gasteiger partial charge in [-0.25, -0.2) is 8.78 Å². The summed E-state index contributed by atoms with van der Waals surface area (Å²) in [5, 5.41) is 0. The van der Waals surface area contributed by atoms with E-state index in [2.05, 4.69) is 0 Å². The highest BCUT2D eigenvalue weighted by Gasteiger charge is 2.61. The first kappa shape index (κ1) is 17.4. The largest absolute Gasteiger partial charge is 0.459 e. The fourth-order valence-corrected chi connectivity index (χ4v) is 3.85. The SMILES string of the molecule is CC(C)(C)OC(=O)CN1C[C@]2(C[C@H]2F)c2cc(C3(F)CC3)ccc2C1=O. The smallest absolute Gasteiger partial charge is 0.326 e. The van der Waals surface area contributed by atoms with Gasteiger partial charge in [0.1, 0.15) is 24.0 Å². The minimum Gasteiger partial charge on any atom is -0.459 e. The summed E-state index contributed by atoms with van der Waals surface area (Å²) in [4.78, 5) is 26.3. The maximum Gasteiger partial charge on any atom is 0.326 e. The molecule has 0 saturated heterocycles. The maximum atomic E-state index is 14.4. The lowest BCUT2D eigenvalue weighted by Crippen LogP contribution is -2.47. The van der Waals surface area contributed by atoms with E-state index in [0.29, 0.717) is 36.0 Å². The lowest BCUT2D eigenvalue weighted by molar-refractivity contribution is -0.155. The first-order chi connectivity index (χ1) is 12.0. The van der Waals surface area contributed by atoms with Crippen LogP contribution in [0.2, 0.25) is 0 Å². The molecule has 1 amide bonds. The van der Waals surface area contributed by atoms with Gasteiger partial charge in [-0.15, -0.1) is 0 Å². The van der Waals surface area contributed by atoms with Crippen molar-refractivity contribution in [3.05, 3.63) is 34.9 Å². The molecule has 0 unspecified atom stereocenters. The number of amides is 1. The lowest BCUT2D eigenvalue weighted by Gasteiger charge is -2.35. The second-order valence-electron chi connectivity index (χ2n) is 8.80. The molecule has 4 nitrogen and oxygen atoms in total. The molecule has 2 saturated carbocycles. The zero-order chi connectivity index (χ0) is 18.9. The van der Waals surface area contributed by atoms with Gasteiger partial charge in [-0.05, 0) is 57.2 Å². The highest BCUT2D eigenvalue weighted by atomic mass is 19.1. The van der Waals surface area contributed by atoms with E-state index in [0.717, 1.165) is 0 Å². The average molecular weight is 363 g/mol. The molecule has 2 aliphatic carbocycles. The molecule has 0 N–H and O–H groups in total. The number of esters is 1. The van der Waals surface area contributed by atoms with Crippen LogP contribution in [-0.4, -0.2) is 41.6 Å². The Kier molecular flexibility index (Phi) is 3.53. The summed E-state index contributed by atoms with van der Waals surface area (Å²) in [6.45, 7) is 5.18. The van der Waals surface area contributed by atoms with Crippen molar-refractivity contribution in [3.8, 4) is 0 Å². The number of ether oxygens (including phenoxy) is 1. The van der Waals surface area contributed by atoms with Crippen molar-refractivity contribution in [2.45, 2.75) is 62.9 Å². The summed E-state index contributed by atoms with van der Waals surface area (Å²) in [7, 11) is 0. The number of carbonyl (C=O) groups excluding carboxylic acids is 2. The molecule has 0 bridgehead atoms. The molecule has 140 valence electrons. The third kappa shape index (κ3) is 2.79. The van der Waals surface area contributed by atoms with Crippen LogP contribution in [0.15, 0.2) is 18.2 Å². The van der Waals surface area contributed by atoms with Crippen LogP contribution < -0.4 is 0 Å². The summed E-state index contributed by atoms with van der Waals surface area (Å²) in [6.07, 6.45) is 0.147. The molecular formula is C20H23F2NO3. The van der Waals surface area contributed by atoms with Crippen molar-refractivity contribution in [3.63, 3.8) is 0 Å². The monoisotopic (exact) mass is 363 g/mol. The fourth-order valence-electron chi connectivity index (χ4n) is 3.85. The number of benzene rings is 1. The number of hydrogen-bond donors (Lipinski definition) is 0. The molecule has 1 aliphatic heterocycles. The van der Waals surface area contributed by atoms with Crippen molar-refractivity contribution in [1.29, 1.82) is 0 Å². The van der Waals surface area contributed by atoms with E-state index in [1.165, 1.54) is 4.90 Å². The van der Waals surface area contributed by atoms with Gasteiger partial charge in [0.25, 0.3) is 5.91 Å². The lowest BCUT2D eigenvalue weighted by atomic mass is 9.84. The van der Waals surface area contributed by atoms with Crippen molar-refractivity contribution < 1.29 is 23.1 Å². The second kappa shape index (κ2) is 5.27. The van der Waals surface area contributed by atoms with Crippen LogP contribution in [0.25, 0.3) is 0 Å². The van der Waals surface area contributed by atoms with Crippen LogP contribution in [0.3, 0.4) is 0 Å². The Labute approximate surface area is 151 Å². The fraction of sp³-hybridized carbons (Fsp3) is 0.600. The topological polar surface area (TPSA) is 46.6 Å². The van der Waals surface area contributed by atoms with Crippen LogP contribution in [-0.2, 0) is 20.6 Å². The maximum absolute atomic E-state index is 14.4. The van der Waals surface area contributed by atoms with Gasteiger partial charge in [0, 0.05) is 17.5 Å². The molecule has 1 heterocycles. The Morgan fingerprint density at radius 3 is 2.54 bits per heavy atom. The zero-order valence-corrected chi connectivity index (χ0v) is 15.3. The van der Waals surface area contributed by atoms with Gasteiger partial charge in [-0.2, -0.15) is 0 Å². The number of alkyl halides is 2. The van der Waals surface area contributed by atoms with Crippen LogP contribution in [0, 0.1) is 0 Å². The predicted octanol–water partition coefficient (Wildman–Crippen LogP) is 3.42. The molecule has 26 heavy (non-hydrogen) atoms. The van der Waals surface area contributed by atoms with Crippen molar-refractivity contribution in [1.82, 2.24) is 4.90 Å². The number of carbonyl (C=O) groups is 2. The van der Waals surface area contributed by atoms with E-state index in [4.69, 9.17) is 4.74 Å². The van der Waals surface area contributed by atoms with E-state index in [-0.39, 0.29) is 19.0 Å². The average Bonchev–Trinajstić information content (AvgIpc) is 3.42. The predicted molar refractivity (Wildman–Crippen MR) is 91.4 cm³/mol. The number of nitrogens with zero attached hydrogens (tertiary/aromatic N) is 1. The van der Waals surface area contributed by atoms with Crippen LogP contribution >= 0.6 is 0 Å². The molecule has 2 fully saturated rings. The van der Waals surface area contributed by atoms with E-state index in [9.17, 15) is 18.4 Å². The molecule has 1 spiro atoms. The van der Waals surface area contributed by atoms with Crippen LogP contribution in [0.5, 0.6) is 0 Å². The van der Waals surface area contributed by atoms with Gasteiger partial charge in [0.2, 0.25) is 0 Å². The third-order valence-electron chi connectivity index (χ3n) is 5.48. The molecule has 4 rings (SSSR count). The standard InChI is InChI=1S/C20H23F2NO3/c1-18(2,3)26-16(24)10-23-11-19(9-15(19)21)14-8-12(20(22)6-7-20)4-5-13(14)17(23)25/h4-5,8,15H,6-7,9-11H2,1-3H3/t15-,19-/m1/s1. The van der Waals surface area contributed by atoms with Gasteiger partial charge < -0.3 is 9.64 Å². The summed E-state index contributed by atoms with van der Waals surface area (Å²) in [5.74, 6) is -0.844. The van der Waals surface area contributed by atoms with Crippen molar-refractivity contribution in [2.24, 2.45) is 0 Å². The summed E-state index contributed by atoms with van der Waals surface area (Å²) in [6, 6.07) is 4.87. The molecular weight excluding hydrogens is 340 g/mol. The van der Waals surface area contributed by atoms with Gasteiger partial charge in [-0.1, -0.05) is 12.1 Å².